The van der Waals surface area contributed by atoms with Gasteiger partial charge < -0.3 is 5.32 Å². The molecule has 2 amide bonds. The summed E-state index contributed by atoms with van der Waals surface area (Å²) >= 11 is 0. The maximum absolute atomic E-state index is 13.8. The Morgan fingerprint density at radius 3 is 2.73 bits per heavy atom. The van der Waals surface area contributed by atoms with Gasteiger partial charge in [-0.1, -0.05) is 36.4 Å². The minimum Gasteiger partial charge on any atom is -0.305 e. The lowest BCUT2D eigenvalue weighted by Crippen LogP contribution is -2.40. The van der Waals surface area contributed by atoms with Gasteiger partial charge in [-0.25, -0.2) is 9.18 Å². The highest BCUT2D eigenvalue weighted by atomic mass is 19.1. The molecule has 0 fully saturated rings. The first-order valence-electron chi connectivity index (χ1n) is 8.27. The number of aromatic nitrogens is 2. The van der Waals surface area contributed by atoms with Crippen molar-refractivity contribution in [1.29, 1.82) is 0 Å². The largest absolute Gasteiger partial charge is 0.326 e. The van der Waals surface area contributed by atoms with Crippen LogP contribution in [0.4, 0.5) is 20.8 Å². The highest BCUT2D eigenvalue weighted by molar-refractivity contribution is 5.98. The Hall–Kier alpha value is -3.22. The van der Waals surface area contributed by atoms with Crippen LogP contribution in [0, 0.1) is 12.7 Å². The Morgan fingerprint density at radius 2 is 2.00 bits per heavy atom. The fraction of sp³-hybridized carbons (Fsp3) is 0.211. The monoisotopic (exact) mass is 355 g/mol. The predicted octanol–water partition coefficient (Wildman–Crippen LogP) is 3.86. The molecule has 26 heavy (non-hydrogen) atoms. The molecule has 0 spiro atoms. The normalized spacial score (nSPS) is 11.8. The third-order valence-electron chi connectivity index (χ3n) is 3.92. The van der Waals surface area contributed by atoms with E-state index in [1.54, 1.807) is 23.9 Å². The number of urea groups is 1. The number of hydrogen-bond acceptors (Lipinski definition) is 3. The topological polar surface area (TPSA) is 71.0 Å². The van der Waals surface area contributed by atoms with E-state index in [-0.39, 0.29) is 17.6 Å². The van der Waals surface area contributed by atoms with E-state index < -0.39 is 11.8 Å². The van der Waals surface area contributed by atoms with E-state index >= 15 is 0 Å². The Morgan fingerprint density at radius 1 is 1.23 bits per heavy atom. The lowest BCUT2D eigenvalue weighted by molar-refractivity contribution is -0.782. The van der Waals surface area contributed by atoms with E-state index in [9.17, 15) is 9.18 Å². The van der Waals surface area contributed by atoms with Gasteiger partial charge in [-0.2, -0.15) is 0 Å². The van der Waals surface area contributed by atoms with Gasteiger partial charge in [0.25, 0.3) is 6.20 Å². The van der Waals surface area contributed by atoms with Crippen LogP contribution in [0.15, 0.2) is 59.3 Å². The number of nitrogens with one attached hydrogen (secondary N) is 2. The molecule has 0 saturated carbocycles. The standard InChI is InChI=1S/C19H19FN4O2/c1-13-8-9-17(16(20)10-13)21-19(25)22-18-12-24(23-26-18)14(2)11-15-6-4-3-5-7-15/h3-10,12,14H,11H2,1-2H3,(H-,21,22,23,25)/p+1. The summed E-state index contributed by atoms with van der Waals surface area (Å²) in [4.78, 5) is 12.0. The molecule has 6 nitrogen and oxygen atoms in total. The number of halogens is 1. The van der Waals surface area contributed by atoms with Crippen LogP contribution in [-0.4, -0.2) is 11.3 Å². The predicted molar refractivity (Wildman–Crippen MR) is 95.3 cm³/mol. The van der Waals surface area contributed by atoms with Gasteiger partial charge in [-0.3, -0.25) is 9.84 Å². The average molecular weight is 355 g/mol. The number of nitrogens with zero attached hydrogens (tertiary/aromatic N) is 2. The molecule has 0 aliphatic heterocycles. The van der Waals surface area contributed by atoms with Gasteiger partial charge in [0.15, 0.2) is 6.04 Å². The van der Waals surface area contributed by atoms with Crippen molar-refractivity contribution in [3.8, 4) is 0 Å². The van der Waals surface area contributed by atoms with E-state index in [4.69, 9.17) is 4.52 Å². The molecule has 1 atom stereocenters. The van der Waals surface area contributed by atoms with Crippen molar-refractivity contribution >= 4 is 17.6 Å². The summed E-state index contributed by atoms with van der Waals surface area (Å²) in [5.74, 6) is -0.320. The summed E-state index contributed by atoms with van der Waals surface area (Å²) in [7, 11) is 0. The molecule has 3 rings (SSSR count). The van der Waals surface area contributed by atoms with Crippen molar-refractivity contribution in [3.05, 3.63) is 71.7 Å². The number of amides is 2. The molecule has 7 heteroatoms. The van der Waals surface area contributed by atoms with Crippen LogP contribution in [-0.2, 0) is 6.42 Å². The van der Waals surface area contributed by atoms with E-state index in [0.717, 1.165) is 12.0 Å². The molecule has 2 aromatic carbocycles. The summed E-state index contributed by atoms with van der Waals surface area (Å²) in [6.07, 6.45) is 2.37. The van der Waals surface area contributed by atoms with Crippen molar-refractivity contribution in [2.45, 2.75) is 26.3 Å². The zero-order valence-electron chi connectivity index (χ0n) is 14.6. The average Bonchev–Trinajstić information content (AvgIpc) is 3.07. The summed E-state index contributed by atoms with van der Waals surface area (Å²) < 4.78 is 20.5. The first kappa shape index (κ1) is 17.6. The van der Waals surface area contributed by atoms with Crippen molar-refractivity contribution < 1.29 is 18.4 Å². The van der Waals surface area contributed by atoms with Gasteiger partial charge in [-0.15, -0.1) is 0 Å². The number of aryl methyl sites for hydroxylation is 1. The van der Waals surface area contributed by atoms with Gasteiger partial charge in [0.05, 0.1) is 5.69 Å². The molecule has 134 valence electrons. The molecule has 3 aromatic rings. The van der Waals surface area contributed by atoms with Crippen molar-refractivity contribution in [2.24, 2.45) is 0 Å². The Balaban J connectivity index is 1.60. The molecule has 1 unspecified atom stereocenters. The molecule has 2 N–H and O–H groups in total. The van der Waals surface area contributed by atoms with E-state index in [1.165, 1.54) is 17.7 Å². The molecule has 1 aromatic heterocycles. The minimum atomic E-state index is -0.605. The fourth-order valence-electron chi connectivity index (χ4n) is 2.56. The summed E-state index contributed by atoms with van der Waals surface area (Å²) in [6, 6.07) is 14.0. The molecule has 0 saturated heterocycles. The summed E-state index contributed by atoms with van der Waals surface area (Å²) in [5.41, 5.74) is 2.05. The van der Waals surface area contributed by atoms with Crippen molar-refractivity contribution in [1.82, 2.24) is 5.27 Å². The van der Waals surface area contributed by atoms with Crippen LogP contribution in [0.5, 0.6) is 0 Å². The molecular formula is C19H20FN4O2+. The highest BCUT2D eigenvalue weighted by Crippen LogP contribution is 2.16. The number of rotatable bonds is 5. The fourth-order valence-corrected chi connectivity index (χ4v) is 2.56. The third-order valence-corrected chi connectivity index (χ3v) is 3.92. The van der Waals surface area contributed by atoms with Crippen molar-refractivity contribution in [3.63, 3.8) is 0 Å². The lowest BCUT2D eigenvalue weighted by atomic mass is 10.1. The Labute approximate surface area is 150 Å². The number of carbonyl (C=O) groups excluding carboxylic acids is 1. The number of benzene rings is 2. The van der Waals surface area contributed by atoms with E-state index in [1.807, 2.05) is 37.3 Å². The molecule has 0 bridgehead atoms. The maximum atomic E-state index is 13.8. The quantitative estimate of drug-likeness (QED) is 0.683. The first-order chi connectivity index (χ1) is 12.5. The molecule has 0 radical (unpaired) electrons. The zero-order valence-corrected chi connectivity index (χ0v) is 14.6. The molecule has 0 aliphatic rings. The van der Waals surface area contributed by atoms with Crippen molar-refractivity contribution in [2.75, 3.05) is 10.6 Å². The van der Waals surface area contributed by atoms with Crippen LogP contribution in [0.3, 0.4) is 0 Å². The second-order valence-corrected chi connectivity index (χ2v) is 6.15. The minimum absolute atomic E-state index is 0.0503. The third kappa shape index (κ3) is 4.44. The van der Waals surface area contributed by atoms with E-state index in [0.29, 0.717) is 0 Å². The molecule has 1 heterocycles. The van der Waals surface area contributed by atoms with Crippen LogP contribution in [0.1, 0.15) is 24.1 Å². The zero-order chi connectivity index (χ0) is 18.5. The van der Waals surface area contributed by atoms with Gasteiger partial charge in [0, 0.05) is 13.3 Å². The number of anilines is 2. The van der Waals surface area contributed by atoms with Crippen LogP contribution in [0.25, 0.3) is 0 Å². The van der Waals surface area contributed by atoms with Gasteiger partial charge in [0.2, 0.25) is 5.27 Å². The Kier molecular flexibility index (Phi) is 5.26. The molecule has 0 aliphatic carbocycles. The second kappa shape index (κ2) is 7.77. The van der Waals surface area contributed by atoms with Crippen LogP contribution in [0.2, 0.25) is 0 Å². The van der Waals surface area contributed by atoms with Crippen LogP contribution < -0.4 is 15.3 Å². The molecular weight excluding hydrogens is 335 g/mol. The van der Waals surface area contributed by atoms with Gasteiger partial charge >= 0.3 is 11.9 Å². The smallest absolute Gasteiger partial charge is 0.305 e. The first-order valence-corrected chi connectivity index (χ1v) is 8.27. The van der Waals surface area contributed by atoms with Gasteiger partial charge in [0.1, 0.15) is 5.82 Å². The number of carbonyl (C=O) groups is 1. The highest BCUT2D eigenvalue weighted by Gasteiger charge is 2.21. The summed E-state index contributed by atoms with van der Waals surface area (Å²) in [5, 5.41) is 8.87. The lowest BCUT2D eigenvalue weighted by Gasteiger charge is -2.06. The maximum Gasteiger partial charge on any atom is 0.326 e. The van der Waals surface area contributed by atoms with Crippen LogP contribution >= 0.6 is 0 Å². The number of hydrogen-bond donors (Lipinski definition) is 2. The Bertz CT molecular complexity index is 896. The van der Waals surface area contributed by atoms with E-state index in [2.05, 4.69) is 15.9 Å². The summed E-state index contributed by atoms with van der Waals surface area (Å²) in [6.45, 7) is 3.78. The second-order valence-electron chi connectivity index (χ2n) is 6.15. The SMILES string of the molecule is Cc1ccc(NC(=O)Nc2c[n+](C(C)Cc3ccccc3)no2)c(F)c1. The van der Waals surface area contributed by atoms with Gasteiger partial charge in [-0.05, 0) is 34.9 Å².